The average molecular weight is 333 g/mol. The molecule has 132 valence electrons. The van der Waals surface area contributed by atoms with Gasteiger partial charge in [0, 0.05) is 12.6 Å². The third-order valence-corrected chi connectivity index (χ3v) is 5.53. The minimum absolute atomic E-state index is 0.0400. The highest BCUT2D eigenvalue weighted by molar-refractivity contribution is 5.82. The molecule has 0 bridgehead atoms. The Labute approximate surface area is 143 Å². The van der Waals surface area contributed by atoms with Gasteiger partial charge in [-0.25, -0.2) is 4.39 Å². The fourth-order valence-corrected chi connectivity index (χ4v) is 4.13. The van der Waals surface area contributed by atoms with Crippen molar-refractivity contribution in [1.82, 2.24) is 15.5 Å². The van der Waals surface area contributed by atoms with E-state index in [-0.39, 0.29) is 23.8 Å². The van der Waals surface area contributed by atoms with E-state index in [2.05, 4.69) is 15.5 Å². The molecule has 1 heterocycles. The zero-order valence-corrected chi connectivity index (χ0v) is 14.6. The number of fused-ring (bicyclic) bond motifs is 1. The van der Waals surface area contributed by atoms with Crippen LogP contribution in [-0.2, 0) is 4.79 Å². The summed E-state index contributed by atoms with van der Waals surface area (Å²) in [5, 5.41) is 6.61. The molecular weight excluding hydrogens is 305 g/mol. The van der Waals surface area contributed by atoms with Crippen LogP contribution >= 0.6 is 0 Å². The molecule has 4 nitrogen and oxygen atoms in total. The number of amides is 1. The maximum atomic E-state index is 13.1. The first-order chi connectivity index (χ1) is 11.5. The van der Waals surface area contributed by atoms with Gasteiger partial charge in [0.2, 0.25) is 5.91 Å². The number of carbonyl (C=O) groups excluding carboxylic acids is 1. The maximum absolute atomic E-state index is 13.1. The van der Waals surface area contributed by atoms with Crippen LogP contribution in [0.5, 0.6) is 0 Å². The van der Waals surface area contributed by atoms with Crippen LogP contribution < -0.4 is 10.6 Å². The van der Waals surface area contributed by atoms with Gasteiger partial charge >= 0.3 is 0 Å². The zero-order valence-electron chi connectivity index (χ0n) is 14.6. The highest BCUT2D eigenvalue weighted by Crippen LogP contribution is 2.33. The van der Waals surface area contributed by atoms with Crippen LogP contribution in [0.15, 0.2) is 24.3 Å². The highest BCUT2D eigenvalue weighted by atomic mass is 19.1. The van der Waals surface area contributed by atoms with E-state index >= 15 is 0 Å². The first-order valence-corrected chi connectivity index (χ1v) is 9.00. The van der Waals surface area contributed by atoms with Gasteiger partial charge in [-0.05, 0) is 57.0 Å². The van der Waals surface area contributed by atoms with Crippen LogP contribution in [0.1, 0.15) is 43.7 Å². The summed E-state index contributed by atoms with van der Waals surface area (Å²) >= 11 is 0. The van der Waals surface area contributed by atoms with Crippen LogP contribution in [0.2, 0.25) is 0 Å². The largest absolute Gasteiger partial charge is 0.353 e. The molecule has 1 aromatic carbocycles. The minimum Gasteiger partial charge on any atom is -0.353 e. The average Bonchev–Trinajstić information content (AvgIpc) is 3.00. The SMILES string of the molecule is CN(C)C(CNC(=O)C1CC2CCCCC2N1)c1ccc(F)cc1. The molecule has 2 N–H and O–H groups in total. The van der Waals surface area contributed by atoms with Gasteiger partial charge in [-0.1, -0.05) is 25.0 Å². The summed E-state index contributed by atoms with van der Waals surface area (Å²) in [5.74, 6) is 0.521. The van der Waals surface area contributed by atoms with Crippen LogP contribution in [0, 0.1) is 11.7 Å². The smallest absolute Gasteiger partial charge is 0.237 e. The lowest BCUT2D eigenvalue weighted by Gasteiger charge is -2.26. The minimum atomic E-state index is -0.238. The normalized spacial score (nSPS) is 27.8. The monoisotopic (exact) mass is 333 g/mol. The summed E-state index contributed by atoms with van der Waals surface area (Å²) in [4.78, 5) is 14.6. The second-order valence-electron chi connectivity index (χ2n) is 7.38. The van der Waals surface area contributed by atoms with E-state index in [0.717, 1.165) is 12.0 Å². The van der Waals surface area contributed by atoms with Crippen molar-refractivity contribution in [2.24, 2.45) is 5.92 Å². The number of benzene rings is 1. The first kappa shape index (κ1) is 17.4. The number of hydrogen-bond acceptors (Lipinski definition) is 3. The molecule has 1 aliphatic carbocycles. The van der Waals surface area contributed by atoms with Gasteiger partial charge in [-0.2, -0.15) is 0 Å². The standard InChI is InChI=1S/C19H28FN3O/c1-23(2)18(13-7-9-15(20)10-8-13)12-21-19(24)17-11-14-5-3-4-6-16(14)22-17/h7-10,14,16-18,22H,3-6,11-12H2,1-2H3,(H,21,24). The Kier molecular flexibility index (Phi) is 5.51. The van der Waals surface area contributed by atoms with Crippen molar-refractivity contribution in [1.29, 1.82) is 0 Å². The van der Waals surface area contributed by atoms with Crippen LogP contribution in [0.25, 0.3) is 0 Å². The molecule has 5 heteroatoms. The van der Waals surface area contributed by atoms with Gasteiger partial charge in [0.15, 0.2) is 0 Å². The Hall–Kier alpha value is -1.46. The molecule has 1 saturated carbocycles. The van der Waals surface area contributed by atoms with Crippen LogP contribution in [-0.4, -0.2) is 43.5 Å². The fraction of sp³-hybridized carbons (Fsp3) is 0.632. The van der Waals surface area contributed by atoms with Crippen molar-refractivity contribution in [3.63, 3.8) is 0 Å². The summed E-state index contributed by atoms with van der Waals surface area (Å²) in [6.07, 6.45) is 5.97. The van der Waals surface area contributed by atoms with Crippen LogP contribution in [0.3, 0.4) is 0 Å². The topological polar surface area (TPSA) is 44.4 Å². The summed E-state index contributed by atoms with van der Waals surface area (Å²) in [5.41, 5.74) is 1.01. The van der Waals surface area contributed by atoms with Crippen molar-refractivity contribution in [3.05, 3.63) is 35.6 Å². The van der Waals surface area contributed by atoms with Gasteiger partial charge in [0.25, 0.3) is 0 Å². The van der Waals surface area contributed by atoms with Gasteiger partial charge in [-0.15, -0.1) is 0 Å². The van der Waals surface area contributed by atoms with Crippen molar-refractivity contribution in [3.8, 4) is 0 Å². The Morgan fingerprint density at radius 1 is 1.29 bits per heavy atom. The van der Waals surface area contributed by atoms with E-state index in [4.69, 9.17) is 0 Å². The van der Waals surface area contributed by atoms with E-state index in [1.54, 1.807) is 12.1 Å². The Bertz CT molecular complexity index is 546. The third kappa shape index (κ3) is 3.95. The quantitative estimate of drug-likeness (QED) is 0.870. The Morgan fingerprint density at radius 2 is 2.00 bits per heavy atom. The molecule has 3 rings (SSSR count). The molecule has 1 aromatic rings. The zero-order chi connectivity index (χ0) is 17.1. The van der Waals surface area contributed by atoms with E-state index in [0.29, 0.717) is 18.5 Å². The Balaban J connectivity index is 1.56. The predicted molar refractivity (Wildman–Crippen MR) is 93.1 cm³/mol. The molecule has 4 unspecified atom stereocenters. The molecule has 1 amide bonds. The summed E-state index contributed by atoms with van der Waals surface area (Å²) in [6.45, 7) is 0.533. The second-order valence-corrected chi connectivity index (χ2v) is 7.38. The van der Waals surface area contributed by atoms with E-state index in [9.17, 15) is 9.18 Å². The van der Waals surface area contributed by atoms with E-state index in [1.807, 2.05) is 14.1 Å². The molecule has 2 fully saturated rings. The molecule has 4 atom stereocenters. The van der Waals surface area contributed by atoms with E-state index in [1.165, 1.54) is 37.8 Å². The lowest BCUT2D eigenvalue weighted by molar-refractivity contribution is -0.123. The number of nitrogens with zero attached hydrogens (tertiary/aromatic N) is 1. The highest BCUT2D eigenvalue weighted by Gasteiger charge is 2.38. The van der Waals surface area contributed by atoms with Crippen molar-refractivity contribution < 1.29 is 9.18 Å². The lowest BCUT2D eigenvalue weighted by atomic mass is 9.85. The molecular formula is C19H28FN3O. The predicted octanol–water partition coefficient (Wildman–Crippen LogP) is 2.47. The number of nitrogens with one attached hydrogen (secondary N) is 2. The maximum Gasteiger partial charge on any atom is 0.237 e. The molecule has 1 saturated heterocycles. The summed E-state index contributed by atoms with van der Waals surface area (Å²) < 4.78 is 13.1. The van der Waals surface area contributed by atoms with Crippen LogP contribution in [0.4, 0.5) is 4.39 Å². The lowest BCUT2D eigenvalue weighted by Crippen LogP contribution is -2.45. The van der Waals surface area contributed by atoms with Gasteiger partial charge in [0.05, 0.1) is 12.1 Å². The summed E-state index contributed by atoms with van der Waals surface area (Å²) in [6, 6.07) is 7.01. The number of carbonyl (C=O) groups is 1. The van der Waals surface area contributed by atoms with Crippen molar-refractivity contribution >= 4 is 5.91 Å². The Morgan fingerprint density at radius 3 is 2.67 bits per heavy atom. The fourth-order valence-electron chi connectivity index (χ4n) is 4.13. The molecule has 1 aliphatic heterocycles. The van der Waals surface area contributed by atoms with Gasteiger partial charge in [0.1, 0.15) is 5.82 Å². The van der Waals surface area contributed by atoms with Crippen molar-refractivity contribution in [2.75, 3.05) is 20.6 Å². The summed E-state index contributed by atoms with van der Waals surface area (Å²) in [7, 11) is 3.95. The van der Waals surface area contributed by atoms with Gasteiger partial charge in [-0.3, -0.25) is 4.79 Å². The molecule has 2 aliphatic rings. The molecule has 24 heavy (non-hydrogen) atoms. The molecule has 0 aromatic heterocycles. The molecule has 0 radical (unpaired) electrons. The third-order valence-electron chi connectivity index (χ3n) is 5.53. The number of hydrogen-bond donors (Lipinski definition) is 2. The number of likely N-dealkylation sites (N-methyl/N-ethyl adjacent to an activating group) is 1. The number of halogens is 1. The molecule has 0 spiro atoms. The van der Waals surface area contributed by atoms with Crippen molar-refractivity contribution in [2.45, 2.75) is 50.2 Å². The first-order valence-electron chi connectivity index (χ1n) is 9.00. The number of rotatable bonds is 5. The van der Waals surface area contributed by atoms with E-state index < -0.39 is 0 Å². The van der Waals surface area contributed by atoms with Gasteiger partial charge < -0.3 is 15.5 Å². The second kappa shape index (κ2) is 7.62.